The Hall–Kier alpha value is -1.02. The van der Waals surface area contributed by atoms with E-state index < -0.39 is 0 Å². The van der Waals surface area contributed by atoms with E-state index in [1.165, 1.54) is 55.7 Å². The van der Waals surface area contributed by atoms with Crippen LogP contribution >= 0.6 is 0 Å². The molecule has 0 saturated carbocycles. The van der Waals surface area contributed by atoms with E-state index in [0.717, 1.165) is 0 Å². The normalized spacial score (nSPS) is 25.9. The Labute approximate surface area is 117 Å². The minimum absolute atomic E-state index is 0.351. The Morgan fingerprint density at radius 3 is 2.74 bits per heavy atom. The number of piperidine rings is 1. The van der Waals surface area contributed by atoms with E-state index >= 15 is 0 Å². The first kappa shape index (κ1) is 13.0. The summed E-state index contributed by atoms with van der Waals surface area (Å²) < 4.78 is 0. The van der Waals surface area contributed by atoms with Crippen LogP contribution in [-0.4, -0.2) is 30.1 Å². The van der Waals surface area contributed by atoms with Gasteiger partial charge in [0.1, 0.15) is 0 Å². The van der Waals surface area contributed by atoms with Gasteiger partial charge < -0.3 is 10.2 Å². The molecule has 3 rings (SSSR count). The van der Waals surface area contributed by atoms with Crippen molar-refractivity contribution in [3.05, 3.63) is 29.3 Å². The Morgan fingerprint density at radius 2 is 2.05 bits per heavy atom. The van der Waals surface area contributed by atoms with Crippen molar-refractivity contribution in [3.8, 4) is 0 Å². The maximum absolute atomic E-state index is 3.93. The summed E-state index contributed by atoms with van der Waals surface area (Å²) in [5.41, 5.74) is 4.69. The molecule has 0 radical (unpaired) electrons. The number of aryl methyl sites for hydroxylation is 1. The molecule has 0 amide bonds. The molecule has 0 bridgehead atoms. The third kappa shape index (κ3) is 2.27. The zero-order valence-electron chi connectivity index (χ0n) is 12.5. The fraction of sp³-hybridized carbons (Fsp3) is 0.647. The molecule has 19 heavy (non-hydrogen) atoms. The second kappa shape index (κ2) is 4.82. The standard InChI is InChI=1S/C17H26N2/c1-4-19-10-8-17(9-11-19)12-14(3)15-7-5-6-13(2)16(15)18-17/h5-7,14,18H,4,8-12H2,1-3H3/t14-/m1/s1. The minimum atomic E-state index is 0.351. The number of nitrogens with zero attached hydrogens (tertiary/aromatic N) is 1. The van der Waals surface area contributed by atoms with Crippen molar-refractivity contribution in [1.82, 2.24) is 4.90 Å². The number of hydrogen-bond donors (Lipinski definition) is 1. The Morgan fingerprint density at radius 1 is 1.32 bits per heavy atom. The van der Waals surface area contributed by atoms with Gasteiger partial charge in [0, 0.05) is 24.3 Å². The maximum Gasteiger partial charge on any atom is 0.0409 e. The van der Waals surface area contributed by atoms with Crippen molar-refractivity contribution < 1.29 is 0 Å². The van der Waals surface area contributed by atoms with Gasteiger partial charge in [-0.3, -0.25) is 0 Å². The molecular weight excluding hydrogens is 232 g/mol. The second-order valence-corrected chi connectivity index (χ2v) is 6.48. The first-order valence-electron chi connectivity index (χ1n) is 7.73. The van der Waals surface area contributed by atoms with Crippen LogP contribution in [0.4, 0.5) is 5.69 Å². The quantitative estimate of drug-likeness (QED) is 0.825. The first-order valence-corrected chi connectivity index (χ1v) is 7.73. The average molecular weight is 258 g/mol. The number of fused-ring (bicyclic) bond motifs is 1. The number of benzene rings is 1. The molecule has 1 aromatic carbocycles. The van der Waals surface area contributed by atoms with E-state index in [9.17, 15) is 0 Å². The first-order chi connectivity index (χ1) is 9.13. The van der Waals surface area contributed by atoms with Crippen molar-refractivity contribution >= 4 is 5.69 Å². The van der Waals surface area contributed by atoms with Crippen LogP contribution in [0.25, 0.3) is 0 Å². The highest BCUT2D eigenvalue weighted by molar-refractivity contribution is 5.62. The maximum atomic E-state index is 3.93. The lowest BCUT2D eigenvalue weighted by Crippen LogP contribution is -2.51. The predicted octanol–water partition coefficient (Wildman–Crippen LogP) is 3.77. The molecule has 0 aliphatic carbocycles. The zero-order chi connectivity index (χ0) is 13.5. The van der Waals surface area contributed by atoms with Gasteiger partial charge in [0.25, 0.3) is 0 Å². The van der Waals surface area contributed by atoms with E-state index in [1.807, 2.05) is 0 Å². The summed E-state index contributed by atoms with van der Waals surface area (Å²) in [6.45, 7) is 10.6. The molecule has 1 saturated heterocycles. The summed E-state index contributed by atoms with van der Waals surface area (Å²) >= 11 is 0. The van der Waals surface area contributed by atoms with Crippen molar-refractivity contribution in [2.24, 2.45) is 0 Å². The van der Waals surface area contributed by atoms with Crippen LogP contribution in [0.5, 0.6) is 0 Å². The minimum Gasteiger partial charge on any atom is -0.379 e. The molecule has 0 aromatic heterocycles. The third-order valence-corrected chi connectivity index (χ3v) is 5.18. The molecule has 2 aliphatic rings. The summed E-state index contributed by atoms with van der Waals surface area (Å²) in [6, 6.07) is 6.73. The Kier molecular flexibility index (Phi) is 3.30. The molecule has 2 aliphatic heterocycles. The molecule has 1 spiro atoms. The van der Waals surface area contributed by atoms with Crippen molar-refractivity contribution in [2.75, 3.05) is 25.0 Å². The molecular formula is C17H26N2. The number of anilines is 1. The lowest BCUT2D eigenvalue weighted by molar-refractivity contribution is 0.166. The second-order valence-electron chi connectivity index (χ2n) is 6.48. The van der Waals surface area contributed by atoms with E-state index in [1.54, 1.807) is 0 Å². The molecule has 1 atom stereocenters. The van der Waals surface area contributed by atoms with Gasteiger partial charge in [-0.15, -0.1) is 0 Å². The number of likely N-dealkylation sites (tertiary alicyclic amines) is 1. The number of nitrogens with one attached hydrogen (secondary N) is 1. The predicted molar refractivity (Wildman–Crippen MR) is 81.9 cm³/mol. The topological polar surface area (TPSA) is 15.3 Å². The van der Waals surface area contributed by atoms with E-state index in [0.29, 0.717) is 11.5 Å². The van der Waals surface area contributed by atoms with Crippen molar-refractivity contribution in [3.63, 3.8) is 0 Å². The number of para-hydroxylation sites is 1. The van der Waals surface area contributed by atoms with E-state index in [4.69, 9.17) is 0 Å². The van der Waals surface area contributed by atoms with Gasteiger partial charge in [-0.1, -0.05) is 32.0 Å². The molecule has 2 heterocycles. The third-order valence-electron chi connectivity index (χ3n) is 5.18. The molecule has 2 nitrogen and oxygen atoms in total. The van der Waals surface area contributed by atoms with Gasteiger partial charge in [-0.05, 0) is 49.8 Å². The zero-order valence-corrected chi connectivity index (χ0v) is 12.5. The molecule has 2 heteroatoms. The van der Waals surface area contributed by atoms with Gasteiger partial charge in [0.2, 0.25) is 0 Å². The van der Waals surface area contributed by atoms with Crippen LogP contribution in [0.3, 0.4) is 0 Å². The van der Waals surface area contributed by atoms with Gasteiger partial charge >= 0.3 is 0 Å². The van der Waals surface area contributed by atoms with E-state index in [-0.39, 0.29) is 0 Å². The lowest BCUT2D eigenvalue weighted by atomic mass is 9.74. The fourth-order valence-electron chi connectivity index (χ4n) is 3.91. The van der Waals surface area contributed by atoms with Crippen molar-refractivity contribution in [1.29, 1.82) is 0 Å². The summed E-state index contributed by atoms with van der Waals surface area (Å²) in [6.07, 6.45) is 3.87. The van der Waals surface area contributed by atoms with Gasteiger partial charge in [0.05, 0.1) is 0 Å². The number of rotatable bonds is 1. The van der Waals surface area contributed by atoms with Gasteiger partial charge in [-0.2, -0.15) is 0 Å². The fourth-order valence-corrected chi connectivity index (χ4v) is 3.91. The van der Waals surface area contributed by atoms with E-state index in [2.05, 4.69) is 49.2 Å². The van der Waals surface area contributed by atoms with Crippen LogP contribution < -0.4 is 5.32 Å². The van der Waals surface area contributed by atoms with Gasteiger partial charge in [0.15, 0.2) is 0 Å². The molecule has 0 unspecified atom stereocenters. The van der Waals surface area contributed by atoms with Crippen LogP contribution in [0.15, 0.2) is 18.2 Å². The van der Waals surface area contributed by atoms with Crippen LogP contribution in [0.2, 0.25) is 0 Å². The largest absolute Gasteiger partial charge is 0.379 e. The summed E-state index contributed by atoms with van der Waals surface area (Å²) in [5.74, 6) is 0.685. The SMILES string of the molecule is CCN1CCC2(CC1)C[C@@H](C)c1cccc(C)c1N2. The molecule has 1 fully saturated rings. The highest BCUT2D eigenvalue weighted by Gasteiger charge is 2.39. The summed E-state index contributed by atoms with van der Waals surface area (Å²) in [4.78, 5) is 2.57. The Bertz CT molecular complexity index is 458. The van der Waals surface area contributed by atoms with Gasteiger partial charge in [-0.25, -0.2) is 0 Å². The smallest absolute Gasteiger partial charge is 0.0409 e. The van der Waals surface area contributed by atoms with Crippen LogP contribution in [-0.2, 0) is 0 Å². The highest BCUT2D eigenvalue weighted by Crippen LogP contribution is 2.44. The van der Waals surface area contributed by atoms with Crippen molar-refractivity contribution in [2.45, 2.75) is 51.5 Å². The number of hydrogen-bond acceptors (Lipinski definition) is 2. The molecule has 1 aromatic rings. The lowest BCUT2D eigenvalue weighted by Gasteiger charge is -2.48. The average Bonchev–Trinajstić information content (AvgIpc) is 2.41. The summed E-state index contributed by atoms with van der Waals surface area (Å²) in [7, 11) is 0. The molecule has 104 valence electrons. The monoisotopic (exact) mass is 258 g/mol. The summed E-state index contributed by atoms with van der Waals surface area (Å²) in [5, 5.41) is 3.93. The Balaban J connectivity index is 1.87. The molecule has 1 N–H and O–H groups in total. The van der Waals surface area contributed by atoms with Crippen LogP contribution in [0.1, 0.15) is 50.2 Å². The highest BCUT2D eigenvalue weighted by atomic mass is 15.2. The van der Waals surface area contributed by atoms with Crippen LogP contribution in [0, 0.1) is 6.92 Å².